The lowest BCUT2D eigenvalue weighted by Crippen LogP contribution is -2.27. The van der Waals surface area contributed by atoms with Gasteiger partial charge in [-0.3, -0.25) is 14.4 Å². The van der Waals surface area contributed by atoms with Crippen LogP contribution in [0, 0.1) is 5.92 Å². The Balaban J connectivity index is 1.51. The minimum absolute atomic E-state index is 0.0835. The zero-order valence-electron chi connectivity index (χ0n) is 14.1. The molecule has 0 aliphatic carbocycles. The van der Waals surface area contributed by atoms with E-state index in [1.807, 2.05) is 30.3 Å². The number of hydrogen-bond acceptors (Lipinski definition) is 4. The summed E-state index contributed by atoms with van der Waals surface area (Å²) in [5.74, 6) is -1.44. The SMILES string of the molecule is O=C(COC(=O)[C@@H]1CC(=O)N(Cc2ccccc2)C1)c1ccc(Cl)cc1. The van der Waals surface area contributed by atoms with Gasteiger partial charge in [0.25, 0.3) is 0 Å². The molecular weight excluding hydrogens is 354 g/mol. The highest BCUT2D eigenvalue weighted by Crippen LogP contribution is 2.21. The Hall–Kier alpha value is -2.66. The fourth-order valence-electron chi connectivity index (χ4n) is 2.86. The van der Waals surface area contributed by atoms with Crippen LogP contribution in [-0.4, -0.2) is 35.7 Å². The lowest BCUT2D eigenvalue weighted by molar-refractivity contribution is -0.147. The van der Waals surface area contributed by atoms with Crippen molar-refractivity contribution in [1.82, 2.24) is 4.90 Å². The number of carbonyl (C=O) groups excluding carboxylic acids is 3. The molecule has 2 aromatic carbocycles. The van der Waals surface area contributed by atoms with Crippen LogP contribution in [0.2, 0.25) is 5.02 Å². The van der Waals surface area contributed by atoms with E-state index in [-0.39, 0.29) is 24.7 Å². The molecule has 134 valence electrons. The number of rotatable bonds is 6. The van der Waals surface area contributed by atoms with Crippen molar-refractivity contribution < 1.29 is 19.1 Å². The standard InChI is InChI=1S/C20H18ClNO4/c21-17-8-6-15(7-9-17)18(23)13-26-20(25)16-10-19(24)22(12-16)11-14-4-2-1-3-5-14/h1-9,16H,10-13H2/t16-/m1/s1. The smallest absolute Gasteiger partial charge is 0.311 e. The third-order valence-corrected chi connectivity index (χ3v) is 4.53. The van der Waals surface area contributed by atoms with Crippen LogP contribution in [0.15, 0.2) is 54.6 Å². The Morgan fingerprint density at radius 3 is 2.46 bits per heavy atom. The minimum atomic E-state index is -0.538. The molecule has 5 nitrogen and oxygen atoms in total. The number of esters is 1. The molecule has 26 heavy (non-hydrogen) atoms. The van der Waals surface area contributed by atoms with Gasteiger partial charge in [-0.05, 0) is 29.8 Å². The van der Waals surface area contributed by atoms with Crippen molar-refractivity contribution in [3.8, 4) is 0 Å². The molecule has 1 heterocycles. The van der Waals surface area contributed by atoms with Gasteiger partial charge in [-0.2, -0.15) is 0 Å². The second-order valence-electron chi connectivity index (χ2n) is 6.20. The van der Waals surface area contributed by atoms with Crippen molar-refractivity contribution in [1.29, 1.82) is 0 Å². The van der Waals surface area contributed by atoms with E-state index >= 15 is 0 Å². The van der Waals surface area contributed by atoms with E-state index in [1.54, 1.807) is 29.2 Å². The van der Waals surface area contributed by atoms with Crippen LogP contribution in [0.25, 0.3) is 0 Å². The monoisotopic (exact) mass is 371 g/mol. The van der Waals surface area contributed by atoms with Crippen LogP contribution in [-0.2, 0) is 20.9 Å². The molecule has 1 aliphatic heterocycles. The number of hydrogen-bond donors (Lipinski definition) is 0. The molecule has 3 rings (SSSR count). The summed E-state index contributed by atoms with van der Waals surface area (Å²) in [5, 5.41) is 0.529. The molecule has 0 radical (unpaired) electrons. The molecule has 0 N–H and O–H groups in total. The molecular formula is C20H18ClNO4. The number of nitrogens with zero attached hydrogens (tertiary/aromatic N) is 1. The summed E-state index contributed by atoms with van der Waals surface area (Å²) in [6.45, 7) is 0.429. The number of ether oxygens (including phenoxy) is 1. The third-order valence-electron chi connectivity index (χ3n) is 4.28. The Kier molecular flexibility index (Phi) is 5.68. The van der Waals surface area contributed by atoms with Gasteiger partial charge in [0.2, 0.25) is 5.91 Å². The van der Waals surface area contributed by atoms with Gasteiger partial charge in [0.15, 0.2) is 12.4 Å². The summed E-state index contributed by atoms with van der Waals surface area (Å²) in [4.78, 5) is 38.0. The molecule has 1 saturated heterocycles. The van der Waals surface area contributed by atoms with Gasteiger partial charge in [0.05, 0.1) is 5.92 Å². The van der Waals surface area contributed by atoms with E-state index in [2.05, 4.69) is 0 Å². The third kappa shape index (κ3) is 4.49. The van der Waals surface area contributed by atoms with Crippen LogP contribution < -0.4 is 0 Å². The molecule has 1 aliphatic rings. The molecule has 0 unspecified atom stereocenters. The highest BCUT2D eigenvalue weighted by molar-refractivity contribution is 6.30. The van der Waals surface area contributed by atoms with E-state index in [1.165, 1.54) is 0 Å². The molecule has 0 saturated carbocycles. The number of amides is 1. The van der Waals surface area contributed by atoms with Crippen LogP contribution in [0.3, 0.4) is 0 Å². The van der Waals surface area contributed by atoms with E-state index in [9.17, 15) is 14.4 Å². The van der Waals surface area contributed by atoms with Gasteiger partial charge >= 0.3 is 5.97 Å². The first-order chi connectivity index (χ1) is 12.5. The van der Waals surface area contributed by atoms with Gasteiger partial charge in [0, 0.05) is 30.1 Å². The summed E-state index contributed by atoms with van der Waals surface area (Å²) >= 11 is 5.78. The molecule has 1 fully saturated rings. The van der Waals surface area contributed by atoms with Crippen molar-refractivity contribution in [2.45, 2.75) is 13.0 Å². The van der Waals surface area contributed by atoms with Gasteiger partial charge in [-0.1, -0.05) is 41.9 Å². The minimum Gasteiger partial charge on any atom is -0.457 e. The summed E-state index contributed by atoms with van der Waals surface area (Å²) in [7, 11) is 0. The predicted octanol–water partition coefficient (Wildman–Crippen LogP) is 3.11. The Morgan fingerprint density at radius 2 is 1.77 bits per heavy atom. The zero-order valence-corrected chi connectivity index (χ0v) is 14.8. The van der Waals surface area contributed by atoms with E-state index in [0.717, 1.165) is 5.56 Å². The number of Topliss-reactive ketones (excluding diaryl/α,β-unsaturated/α-hetero) is 1. The van der Waals surface area contributed by atoms with Crippen molar-refractivity contribution >= 4 is 29.3 Å². The van der Waals surface area contributed by atoms with E-state index in [4.69, 9.17) is 16.3 Å². The van der Waals surface area contributed by atoms with Crippen molar-refractivity contribution in [2.75, 3.05) is 13.2 Å². The number of ketones is 1. The van der Waals surface area contributed by atoms with E-state index in [0.29, 0.717) is 23.7 Å². The quantitative estimate of drug-likeness (QED) is 0.578. The first-order valence-corrected chi connectivity index (χ1v) is 8.68. The molecule has 0 spiro atoms. The fourth-order valence-corrected chi connectivity index (χ4v) is 2.99. The molecule has 0 aromatic heterocycles. The maximum atomic E-state index is 12.2. The second-order valence-corrected chi connectivity index (χ2v) is 6.64. The maximum absolute atomic E-state index is 12.2. The van der Waals surface area contributed by atoms with Crippen molar-refractivity contribution in [2.24, 2.45) is 5.92 Å². The highest BCUT2D eigenvalue weighted by Gasteiger charge is 2.35. The fraction of sp³-hybridized carbons (Fsp3) is 0.250. The summed E-state index contributed by atoms with van der Waals surface area (Å²) in [5.41, 5.74) is 1.43. The van der Waals surface area contributed by atoms with Crippen LogP contribution in [0.4, 0.5) is 0 Å². The number of benzene rings is 2. The summed E-state index contributed by atoms with van der Waals surface area (Å²) in [6, 6.07) is 16.0. The van der Waals surface area contributed by atoms with Gasteiger partial charge < -0.3 is 9.64 Å². The highest BCUT2D eigenvalue weighted by atomic mass is 35.5. The second kappa shape index (κ2) is 8.15. The Labute approximate surface area is 156 Å². The number of likely N-dealkylation sites (tertiary alicyclic amines) is 1. The average molecular weight is 372 g/mol. The molecule has 1 atom stereocenters. The van der Waals surface area contributed by atoms with Gasteiger partial charge in [-0.25, -0.2) is 0 Å². The largest absolute Gasteiger partial charge is 0.457 e. The normalized spacial score (nSPS) is 16.6. The van der Waals surface area contributed by atoms with Gasteiger partial charge in [0.1, 0.15) is 0 Å². The summed E-state index contributed by atoms with van der Waals surface area (Å²) in [6.07, 6.45) is 0.112. The van der Waals surface area contributed by atoms with Crippen LogP contribution in [0.1, 0.15) is 22.3 Å². The van der Waals surface area contributed by atoms with Crippen molar-refractivity contribution in [3.63, 3.8) is 0 Å². The summed E-state index contributed by atoms with van der Waals surface area (Å²) < 4.78 is 5.12. The lowest BCUT2D eigenvalue weighted by Gasteiger charge is -2.16. The maximum Gasteiger partial charge on any atom is 0.311 e. The molecule has 0 bridgehead atoms. The average Bonchev–Trinajstić information content (AvgIpc) is 3.01. The first kappa shape index (κ1) is 18.1. The Morgan fingerprint density at radius 1 is 1.08 bits per heavy atom. The van der Waals surface area contributed by atoms with Gasteiger partial charge in [-0.15, -0.1) is 0 Å². The zero-order chi connectivity index (χ0) is 18.5. The number of halogens is 1. The molecule has 6 heteroatoms. The lowest BCUT2D eigenvalue weighted by atomic mass is 10.1. The van der Waals surface area contributed by atoms with Crippen LogP contribution in [0.5, 0.6) is 0 Å². The molecule has 2 aromatic rings. The number of carbonyl (C=O) groups is 3. The first-order valence-electron chi connectivity index (χ1n) is 8.30. The topological polar surface area (TPSA) is 63.7 Å². The van der Waals surface area contributed by atoms with Crippen LogP contribution >= 0.6 is 11.6 Å². The molecule has 1 amide bonds. The van der Waals surface area contributed by atoms with E-state index < -0.39 is 11.9 Å². The Bertz CT molecular complexity index is 804. The van der Waals surface area contributed by atoms with Crippen molar-refractivity contribution in [3.05, 3.63) is 70.7 Å². The predicted molar refractivity (Wildman–Crippen MR) is 96.7 cm³/mol.